The minimum Gasteiger partial charge on any atom is -0.508 e. The van der Waals surface area contributed by atoms with Crippen LogP contribution in [0, 0.1) is 0 Å². The van der Waals surface area contributed by atoms with Gasteiger partial charge in [-0.05, 0) is 59.5 Å². The molecule has 1 atom stereocenters. The Kier molecular flexibility index (Phi) is 4.79. The van der Waals surface area contributed by atoms with E-state index in [0.29, 0.717) is 11.8 Å². The molecule has 2 nitrogen and oxygen atoms in total. The molecule has 18 heavy (non-hydrogen) atoms. The van der Waals surface area contributed by atoms with E-state index in [1.807, 2.05) is 12.1 Å². The summed E-state index contributed by atoms with van der Waals surface area (Å²) >= 11 is 1.73. The van der Waals surface area contributed by atoms with Crippen molar-refractivity contribution in [1.82, 2.24) is 5.32 Å². The Hall–Kier alpha value is -1.32. The number of aromatic hydroxyl groups is 1. The maximum absolute atomic E-state index is 9.30. The van der Waals surface area contributed by atoms with Gasteiger partial charge in [0.25, 0.3) is 0 Å². The minimum absolute atomic E-state index is 0.326. The molecule has 0 spiro atoms. The second-order valence-corrected chi connectivity index (χ2v) is 5.21. The Morgan fingerprint density at radius 1 is 1.22 bits per heavy atom. The molecule has 96 valence electrons. The number of thiophene rings is 1. The summed E-state index contributed by atoms with van der Waals surface area (Å²) in [7, 11) is 0. The fourth-order valence-corrected chi connectivity index (χ4v) is 2.68. The van der Waals surface area contributed by atoms with Crippen LogP contribution in [0.4, 0.5) is 0 Å². The summed E-state index contributed by atoms with van der Waals surface area (Å²) in [5, 5.41) is 17.2. The summed E-state index contributed by atoms with van der Waals surface area (Å²) < 4.78 is 0. The second kappa shape index (κ2) is 6.57. The van der Waals surface area contributed by atoms with Gasteiger partial charge in [0, 0.05) is 6.04 Å². The molecular weight excluding hydrogens is 242 g/mol. The van der Waals surface area contributed by atoms with Crippen LogP contribution in [0.25, 0.3) is 0 Å². The van der Waals surface area contributed by atoms with Crippen molar-refractivity contribution in [3.05, 3.63) is 52.2 Å². The monoisotopic (exact) mass is 261 g/mol. The molecule has 3 heteroatoms. The van der Waals surface area contributed by atoms with E-state index < -0.39 is 0 Å². The van der Waals surface area contributed by atoms with E-state index in [9.17, 15) is 5.11 Å². The summed E-state index contributed by atoms with van der Waals surface area (Å²) in [6.45, 7) is 3.21. The van der Waals surface area contributed by atoms with Crippen molar-refractivity contribution < 1.29 is 5.11 Å². The molecule has 1 heterocycles. The largest absolute Gasteiger partial charge is 0.508 e. The van der Waals surface area contributed by atoms with E-state index in [2.05, 4.69) is 29.1 Å². The number of benzene rings is 1. The predicted octanol–water partition coefficient (Wildman–Crippen LogP) is 3.74. The van der Waals surface area contributed by atoms with Gasteiger partial charge in [-0.15, -0.1) is 0 Å². The Morgan fingerprint density at radius 2 is 2.00 bits per heavy atom. The Morgan fingerprint density at radius 3 is 2.61 bits per heavy atom. The van der Waals surface area contributed by atoms with Crippen molar-refractivity contribution >= 4 is 11.3 Å². The molecule has 0 aliphatic carbocycles. The maximum atomic E-state index is 9.30. The first-order valence-electron chi connectivity index (χ1n) is 6.33. The molecule has 0 saturated heterocycles. The average molecular weight is 261 g/mol. The van der Waals surface area contributed by atoms with Crippen LogP contribution in [-0.2, 0) is 6.42 Å². The second-order valence-electron chi connectivity index (χ2n) is 4.43. The first kappa shape index (κ1) is 13.1. The number of phenolic OH excluding ortho intramolecular Hbond substituents is 1. The molecule has 0 aliphatic rings. The van der Waals surface area contributed by atoms with Crippen LogP contribution in [0.1, 0.15) is 30.5 Å². The molecule has 2 rings (SSSR count). The van der Waals surface area contributed by atoms with Gasteiger partial charge in [0.15, 0.2) is 0 Å². The SMILES string of the molecule is CCCNC(Cc1ccc(O)cc1)c1ccsc1. The highest BCUT2D eigenvalue weighted by atomic mass is 32.1. The normalized spacial score (nSPS) is 12.5. The summed E-state index contributed by atoms with van der Waals surface area (Å²) in [6.07, 6.45) is 2.09. The summed E-state index contributed by atoms with van der Waals surface area (Å²) in [5.41, 5.74) is 2.59. The van der Waals surface area contributed by atoms with Crippen LogP contribution < -0.4 is 5.32 Å². The highest BCUT2D eigenvalue weighted by Gasteiger charge is 2.11. The summed E-state index contributed by atoms with van der Waals surface area (Å²) in [4.78, 5) is 0. The standard InChI is InChI=1S/C15H19NOS/c1-2-8-16-15(13-7-9-18-11-13)10-12-3-5-14(17)6-4-12/h3-7,9,11,15-17H,2,8,10H2,1H3. The Labute approximate surface area is 112 Å². The lowest BCUT2D eigenvalue weighted by molar-refractivity contribution is 0.474. The van der Waals surface area contributed by atoms with Gasteiger partial charge in [-0.2, -0.15) is 11.3 Å². The third-order valence-corrected chi connectivity index (χ3v) is 3.66. The average Bonchev–Trinajstić information content (AvgIpc) is 2.90. The number of hydrogen-bond donors (Lipinski definition) is 2. The summed E-state index contributed by atoms with van der Waals surface area (Å²) in [5.74, 6) is 0.326. The third-order valence-electron chi connectivity index (χ3n) is 2.96. The molecule has 0 amide bonds. The van der Waals surface area contributed by atoms with E-state index >= 15 is 0 Å². The molecular formula is C15H19NOS. The zero-order chi connectivity index (χ0) is 12.8. The van der Waals surface area contributed by atoms with Crippen molar-refractivity contribution in [2.45, 2.75) is 25.8 Å². The summed E-state index contributed by atoms with van der Waals surface area (Å²) in [6, 6.07) is 10.0. The lowest BCUT2D eigenvalue weighted by Crippen LogP contribution is -2.23. The van der Waals surface area contributed by atoms with E-state index in [1.165, 1.54) is 11.1 Å². The number of nitrogens with one attached hydrogen (secondary N) is 1. The van der Waals surface area contributed by atoms with E-state index in [1.54, 1.807) is 23.5 Å². The van der Waals surface area contributed by atoms with Crippen LogP contribution in [0.15, 0.2) is 41.1 Å². The van der Waals surface area contributed by atoms with E-state index in [4.69, 9.17) is 0 Å². The minimum atomic E-state index is 0.326. The molecule has 1 aromatic heterocycles. The first-order chi connectivity index (χ1) is 8.79. The highest BCUT2D eigenvalue weighted by Crippen LogP contribution is 2.22. The van der Waals surface area contributed by atoms with Gasteiger partial charge < -0.3 is 10.4 Å². The highest BCUT2D eigenvalue weighted by molar-refractivity contribution is 7.07. The molecule has 0 saturated carbocycles. The Bertz CT molecular complexity index is 450. The van der Waals surface area contributed by atoms with Crippen molar-refractivity contribution in [3.63, 3.8) is 0 Å². The lowest BCUT2D eigenvalue weighted by atomic mass is 10.0. The van der Waals surface area contributed by atoms with Gasteiger partial charge in [0.05, 0.1) is 0 Å². The number of rotatable bonds is 6. The number of hydrogen-bond acceptors (Lipinski definition) is 3. The zero-order valence-corrected chi connectivity index (χ0v) is 11.4. The van der Waals surface area contributed by atoms with Gasteiger partial charge in [0.1, 0.15) is 5.75 Å². The molecule has 0 aliphatic heterocycles. The Balaban J connectivity index is 2.07. The van der Waals surface area contributed by atoms with Crippen LogP contribution in [0.2, 0.25) is 0 Å². The topological polar surface area (TPSA) is 32.3 Å². The van der Waals surface area contributed by atoms with Crippen LogP contribution in [-0.4, -0.2) is 11.7 Å². The van der Waals surface area contributed by atoms with Gasteiger partial charge >= 0.3 is 0 Å². The molecule has 2 N–H and O–H groups in total. The van der Waals surface area contributed by atoms with Crippen molar-refractivity contribution in [2.75, 3.05) is 6.54 Å². The van der Waals surface area contributed by atoms with Crippen molar-refractivity contribution in [2.24, 2.45) is 0 Å². The zero-order valence-electron chi connectivity index (χ0n) is 10.6. The van der Waals surface area contributed by atoms with Gasteiger partial charge in [-0.3, -0.25) is 0 Å². The first-order valence-corrected chi connectivity index (χ1v) is 7.27. The van der Waals surface area contributed by atoms with Crippen molar-refractivity contribution in [3.8, 4) is 5.75 Å². The van der Waals surface area contributed by atoms with E-state index in [-0.39, 0.29) is 0 Å². The van der Waals surface area contributed by atoms with Gasteiger partial charge in [-0.25, -0.2) is 0 Å². The lowest BCUT2D eigenvalue weighted by Gasteiger charge is -2.17. The van der Waals surface area contributed by atoms with Crippen LogP contribution in [0.3, 0.4) is 0 Å². The predicted molar refractivity (Wildman–Crippen MR) is 77.2 cm³/mol. The van der Waals surface area contributed by atoms with Gasteiger partial charge in [0.2, 0.25) is 0 Å². The third kappa shape index (κ3) is 3.59. The van der Waals surface area contributed by atoms with Crippen LogP contribution in [0.5, 0.6) is 5.75 Å². The number of phenols is 1. The molecule has 0 radical (unpaired) electrons. The molecule has 1 unspecified atom stereocenters. The quantitative estimate of drug-likeness (QED) is 0.830. The molecule has 0 bridgehead atoms. The van der Waals surface area contributed by atoms with Crippen molar-refractivity contribution in [1.29, 1.82) is 0 Å². The molecule has 1 aromatic carbocycles. The maximum Gasteiger partial charge on any atom is 0.115 e. The molecule has 0 fully saturated rings. The fourth-order valence-electron chi connectivity index (χ4n) is 1.97. The van der Waals surface area contributed by atoms with Gasteiger partial charge in [-0.1, -0.05) is 19.1 Å². The van der Waals surface area contributed by atoms with E-state index in [0.717, 1.165) is 19.4 Å². The molecule has 2 aromatic rings. The smallest absolute Gasteiger partial charge is 0.115 e. The fraction of sp³-hybridized carbons (Fsp3) is 0.333. The van der Waals surface area contributed by atoms with Crippen LogP contribution >= 0.6 is 11.3 Å².